The fraction of sp³-hybridized carbons (Fsp3) is 0.304. The van der Waals surface area contributed by atoms with Gasteiger partial charge in [-0.2, -0.15) is 0 Å². The molecule has 0 unspecified atom stereocenters. The summed E-state index contributed by atoms with van der Waals surface area (Å²) in [6, 6.07) is 16.4. The van der Waals surface area contributed by atoms with Crippen LogP contribution in [-0.4, -0.2) is 38.8 Å². The predicted molar refractivity (Wildman–Crippen MR) is 117 cm³/mol. The molecular formula is C23H23FN4OS. The number of benzene rings is 1. The number of para-hydroxylation sites is 1. The van der Waals surface area contributed by atoms with Crippen molar-refractivity contribution in [1.82, 2.24) is 19.8 Å². The van der Waals surface area contributed by atoms with Crippen LogP contribution in [0.4, 0.5) is 4.39 Å². The van der Waals surface area contributed by atoms with Gasteiger partial charge in [-0.05, 0) is 61.5 Å². The lowest BCUT2D eigenvalue weighted by Crippen LogP contribution is -2.36. The van der Waals surface area contributed by atoms with E-state index in [9.17, 15) is 4.39 Å². The average Bonchev–Trinajstić information content (AvgIpc) is 3.51. The summed E-state index contributed by atoms with van der Waals surface area (Å²) in [6.45, 7) is 1.49. The maximum Gasteiger partial charge on any atom is 0.170 e. The van der Waals surface area contributed by atoms with Gasteiger partial charge in [-0.3, -0.25) is 4.98 Å². The summed E-state index contributed by atoms with van der Waals surface area (Å²) >= 11 is 5.74. The van der Waals surface area contributed by atoms with Crippen LogP contribution in [0.3, 0.4) is 0 Å². The Bertz CT molecular complexity index is 1030. The highest BCUT2D eigenvalue weighted by molar-refractivity contribution is 7.80. The van der Waals surface area contributed by atoms with E-state index in [-0.39, 0.29) is 24.0 Å². The molecule has 0 amide bonds. The van der Waals surface area contributed by atoms with Gasteiger partial charge in [-0.1, -0.05) is 18.2 Å². The molecule has 5 nitrogen and oxygen atoms in total. The normalized spacial score (nSPS) is 23.7. The summed E-state index contributed by atoms with van der Waals surface area (Å²) in [7, 11) is 0. The standard InChI is InChI=1S/C23H23FN4OS/c24-17-8-1-2-10-19(17)27-13-5-11-20(27)22-21(18-9-3-4-12-25-18)26-23(30)28(22)15-16-7-6-14-29-16/h1-5,8-13,16,21-22H,6-7,14-15H2,(H,26,30)/t16-,21-,22-/m1/s1. The SMILES string of the molecule is Fc1ccccc1-n1cccc1[C@@H]1[C@@H](c2ccccn2)NC(=S)N1C[C@H]1CCCO1. The van der Waals surface area contributed by atoms with E-state index in [4.69, 9.17) is 17.0 Å². The molecule has 0 spiro atoms. The van der Waals surface area contributed by atoms with E-state index in [1.165, 1.54) is 6.07 Å². The molecule has 0 bridgehead atoms. The Hall–Kier alpha value is -2.77. The van der Waals surface area contributed by atoms with Crippen LogP contribution >= 0.6 is 12.2 Å². The van der Waals surface area contributed by atoms with Crippen molar-refractivity contribution >= 4 is 17.3 Å². The zero-order valence-electron chi connectivity index (χ0n) is 16.4. The lowest BCUT2D eigenvalue weighted by atomic mass is 10.0. The van der Waals surface area contributed by atoms with Crippen LogP contribution in [0.2, 0.25) is 0 Å². The first kappa shape index (κ1) is 19.2. The molecule has 3 aromatic rings. The van der Waals surface area contributed by atoms with Crippen molar-refractivity contribution in [2.75, 3.05) is 13.2 Å². The molecule has 154 valence electrons. The molecule has 5 rings (SSSR count). The van der Waals surface area contributed by atoms with Gasteiger partial charge < -0.3 is 19.5 Å². The fourth-order valence-electron chi connectivity index (χ4n) is 4.43. The molecule has 2 aromatic heterocycles. The fourth-order valence-corrected chi connectivity index (χ4v) is 4.75. The number of hydrogen-bond donors (Lipinski definition) is 1. The van der Waals surface area contributed by atoms with Crippen molar-refractivity contribution < 1.29 is 9.13 Å². The highest BCUT2D eigenvalue weighted by atomic mass is 32.1. The minimum atomic E-state index is -0.261. The van der Waals surface area contributed by atoms with Crippen LogP contribution < -0.4 is 5.32 Å². The summed E-state index contributed by atoms with van der Waals surface area (Å²) in [5.74, 6) is -0.261. The third-order valence-corrected chi connectivity index (χ3v) is 6.17. The largest absolute Gasteiger partial charge is 0.376 e. The van der Waals surface area contributed by atoms with Gasteiger partial charge in [0, 0.05) is 31.2 Å². The molecule has 2 aliphatic heterocycles. The summed E-state index contributed by atoms with van der Waals surface area (Å²) in [5.41, 5.74) is 2.38. The maximum atomic E-state index is 14.6. The number of hydrogen-bond acceptors (Lipinski definition) is 3. The second-order valence-corrected chi connectivity index (χ2v) is 8.06. The number of pyridine rings is 1. The van der Waals surface area contributed by atoms with Crippen LogP contribution in [0.1, 0.15) is 36.3 Å². The quantitative estimate of drug-likeness (QED) is 0.626. The lowest BCUT2D eigenvalue weighted by molar-refractivity contribution is 0.0836. The summed E-state index contributed by atoms with van der Waals surface area (Å²) in [5, 5.41) is 4.13. The molecular weight excluding hydrogens is 399 g/mol. The van der Waals surface area contributed by atoms with Crippen LogP contribution in [0.25, 0.3) is 5.69 Å². The summed E-state index contributed by atoms with van der Waals surface area (Å²) < 4.78 is 22.4. The van der Waals surface area contributed by atoms with Crippen LogP contribution in [0.5, 0.6) is 0 Å². The Balaban J connectivity index is 1.58. The van der Waals surface area contributed by atoms with Gasteiger partial charge in [-0.25, -0.2) is 4.39 Å². The van der Waals surface area contributed by atoms with Crippen molar-refractivity contribution in [3.05, 3.63) is 84.2 Å². The minimum absolute atomic E-state index is 0.133. The Morgan fingerprint density at radius 1 is 1.13 bits per heavy atom. The highest BCUT2D eigenvalue weighted by Gasteiger charge is 2.42. The first-order valence-electron chi connectivity index (χ1n) is 10.2. The van der Waals surface area contributed by atoms with E-state index in [0.717, 1.165) is 30.8 Å². The van der Waals surface area contributed by atoms with E-state index in [1.54, 1.807) is 18.3 Å². The molecule has 1 aromatic carbocycles. The second-order valence-electron chi connectivity index (χ2n) is 7.67. The van der Waals surface area contributed by atoms with E-state index >= 15 is 0 Å². The summed E-state index contributed by atoms with van der Waals surface area (Å²) in [4.78, 5) is 6.76. The Labute approximate surface area is 180 Å². The molecule has 2 aliphatic rings. The first-order valence-corrected chi connectivity index (χ1v) is 10.6. The number of ether oxygens (including phenoxy) is 1. The van der Waals surface area contributed by atoms with Crippen LogP contribution in [0, 0.1) is 5.82 Å². The molecule has 0 radical (unpaired) electrons. The van der Waals surface area contributed by atoms with Crippen LogP contribution in [-0.2, 0) is 4.74 Å². The highest BCUT2D eigenvalue weighted by Crippen LogP contribution is 2.40. The summed E-state index contributed by atoms with van der Waals surface area (Å²) in [6.07, 6.45) is 5.92. The van der Waals surface area contributed by atoms with E-state index < -0.39 is 0 Å². The van der Waals surface area contributed by atoms with E-state index in [0.29, 0.717) is 17.3 Å². The zero-order chi connectivity index (χ0) is 20.5. The number of thiocarbonyl (C=S) groups is 1. The van der Waals surface area contributed by atoms with Gasteiger partial charge in [0.15, 0.2) is 5.11 Å². The third kappa shape index (κ3) is 3.48. The van der Waals surface area contributed by atoms with Gasteiger partial charge >= 0.3 is 0 Å². The van der Waals surface area contributed by atoms with Crippen LogP contribution in [0.15, 0.2) is 67.0 Å². The van der Waals surface area contributed by atoms with Crippen molar-refractivity contribution in [2.24, 2.45) is 0 Å². The van der Waals surface area contributed by atoms with Gasteiger partial charge in [0.1, 0.15) is 5.82 Å². The number of halogens is 1. The maximum absolute atomic E-state index is 14.6. The van der Waals surface area contributed by atoms with E-state index in [1.807, 2.05) is 47.2 Å². The predicted octanol–water partition coefficient (Wildman–Crippen LogP) is 4.16. The Kier molecular flexibility index (Phi) is 5.23. The van der Waals surface area contributed by atoms with Gasteiger partial charge in [0.2, 0.25) is 0 Å². The van der Waals surface area contributed by atoms with E-state index in [2.05, 4.69) is 15.2 Å². The van der Waals surface area contributed by atoms with Crippen molar-refractivity contribution in [3.8, 4) is 5.69 Å². The molecule has 0 saturated carbocycles. The Morgan fingerprint density at radius 3 is 2.77 bits per heavy atom. The second kappa shape index (κ2) is 8.16. The number of aromatic nitrogens is 2. The Morgan fingerprint density at radius 2 is 2.00 bits per heavy atom. The lowest BCUT2D eigenvalue weighted by Gasteiger charge is -2.30. The minimum Gasteiger partial charge on any atom is -0.376 e. The molecule has 1 N–H and O–H groups in total. The van der Waals surface area contributed by atoms with Gasteiger partial charge in [-0.15, -0.1) is 0 Å². The molecule has 2 fully saturated rings. The van der Waals surface area contributed by atoms with Crippen molar-refractivity contribution in [1.29, 1.82) is 0 Å². The van der Waals surface area contributed by atoms with Gasteiger partial charge in [0.25, 0.3) is 0 Å². The molecule has 7 heteroatoms. The monoisotopic (exact) mass is 422 g/mol. The van der Waals surface area contributed by atoms with Crippen molar-refractivity contribution in [3.63, 3.8) is 0 Å². The number of rotatable bonds is 5. The smallest absolute Gasteiger partial charge is 0.170 e. The molecule has 3 atom stereocenters. The third-order valence-electron chi connectivity index (χ3n) is 5.82. The number of nitrogens with one attached hydrogen (secondary N) is 1. The first-order chi connectivity index (χ1) is 14.7. The molecule has 30 heavy (non-hydrogen) atoms. The zero-order valence-corrected chi connectivity index (χ0v) is 17.3. The topological polar surface area (TPSA) is 42.3 Å². The average molecular weight is 423 g/mol. The molecule has 0 aliphatic carbocycles. The number of nitrogens with zero attached hydrogens (tertiary/aromatic N) is 3. The molecule has 2 saturated heterocycles. The van der Waals surface area contributed by atoms with Crippen molar-refractivity contribution in [2.45, 2.75) is 31.0 Å². The van der Waals surface area contributed by atoms with Gasteiger partial charge in [0.05, 0.1) is 29.6 Å². The molecule has 4 heterocycles.